The van der Waals surface area contributed by atoms with E-state index < -0.39 is 97.4 Å². The number of anilines is 1. The van der Waals surface area contributed by atoms with Gasteiger partial charge >= 0.3 is 11.9 Å². The third-order valence-corrected chi connectivity index (χ3v) is 20.7. The fraction of sp³-hybridized carbons (Fsp3) is 0.422. The second-order valence-electron chi connectivity index (χ2n) is 25.5. The summed E-state index contributed by atoms with van der Waals surface area (Å²) in [6, 6.07) is 13.4. The molecule has 24 heteroatoms. The summed E-state index contributed by atoms with van der Waals surface area (Å²) in [6.45, 7) is 18.6. The van der Waals surface area contributed by atoms with Crippen LogP contribution in [0.4, 0.5) is 11.4 Å². The molecule has 0 spiro atoms. The highest BCUT2D eigenvalue weighted by atomic mass is 32.2. The smallest absolute Gasteiger partial charge is 0.333 e. The number of nitrogens with zero attached hydrogens (tertiary/aromatic N) is 4. The summed E-state index contributed by atoms with van der Waals surface area (Å²) >= 11 is 0. The number of imide groups is 2. The molecule has 2 fully saturated rings. The normalized spacial score (nSPS) is 19.1. The van der Waals surface area contributed by atoms with Gasteiger partial charge in [-0.25, -0.2) is 9.59 Å². The number of unbranched alkanes of at least 4 members (excludes halogenated alkanes) is 4. The number of aryl methyl sites for hydroxylation is 1. The largest absolute Gasteiger partial charge is 0.344 e. The van der Waals surface area contributed by atoms with E-state index in [1.165, 1.54) is 12.1 Å². The van der Waals surface area contributed by atoms with Gasteiger partial charge < -0.3 is 14.6 Å². The Bertz CT molecular complexity index is 4210. The zero-order valence-electron chi connectivity index (χ0n) is 50.5. The molecule has 2 saturated heterocycles. The maximum atomic E-state index is 13.1. The van der Waals surface area contributed by atoms with E-state index >= 15 is 0 Å². The van der Waals surface area contributed by atoms with Crippen LogP contribution in [0, 0.1) is 6.92 Å². The van der Waals surface area contributed by atoms with Crippen molar-refractivity contribution >= 4 is 83.0 Å². The quantitative estimate of drug-likeness (QED) is 0.0244. The number of fused-ring (bicyclic) bond motifs is 8. The number of amides is 4. The first-order valence-electron chi connectivity index (χ1n) is 29.2. The molecule has 10 rings (SSSR count). The lowest BCUT2D eigenvalue weighted by Gasteiger charge is -2.27. The number of benzene rings is 4. The Morgan fingerprint density at radius 3 is 1.57 bits per heavy atom. The Balaban J connectivity index is 0.987. The second-order valence-corrected chi connectivity index (χ2v) is 29.7. The summed E-state index contributed by atoms with van der Waals surface area (Å²) in [6.07, 6.45) is 12.6. The lowest BCUT2D eigenvalue weighted by molar-refractivity contribution is -0.438. The Morgan fingerprint density at radius 1 is 0.534 bits per heavy atom. The van der Waals surface area contributed by atoms with Crippen molar-refractivity contribution in [1.82, 2.24) is 10.1 Å². The number of hydrogen-bond donors (Lipinski definition) is 3. The Hall–Kier alpha value is -7.48. The highest BCUT2D eigenvalue weighted by Crippen LogP contribution is 2.59. The highest BCUT2D eigenvalue weighted by molar-refractivity contribution is 7.87. The first-order chi connectivity index (χ1) is 41.0. The van der Waals surface area contributed by atoms with Crippen LogP contribution in [0.25, 0.3) is 22.3 Å². The average Bonchev–Trinajstić information content (AvgIpc) is 1.61. The van der Waals surface area contributed by atoms with Gasteiger partial charge in [-0.3, -0.25) is 32.8 Å². The van der Waals surface area contributed by atoms with Crippen molar-refractivity contribution in [2.45, 2.75) is 176 Å². The molecule has 0 bridgehead atoms. The van der Waals surface area contributed by atoms with Crippen LogP contribution < -0.4 is 4.90 Å². The summed E-state index contributed by atoms with van der Waals surface area (Å²) in [5, 5.41) is 1.06. The molecule has 3 N–H and O–H groups in total. The van der Waals surface area contributed by atoms with Crippen molar-refractivity contribution in [2.75, 3.05) is 18.0 Å². The van der Waals surface area contributed by atoms with E-state index in [-0.39, 0.29) is 54.5 Å². The van der Waals surface area contributed by atoms with E-state index in [2.05, 4.69) is 29.4 Å². The maximum absolute atomic E-state index is 13.1. The number of hydrogen-bond acceptors (Lipinski definition) is 15. The molecule has 88 heavy (non-hydrogen) atoms. The van der Waals surface area contributed by atoms with Crippen molar-refractivity contribution in [3.63, 3.8) is 0 Å². The van der Waals surface area contributed by atoms with Crippen molar-refractivity contribution in [2.24, 2.45) is 0 Å². The van der Waals surface area contributed by atoms with Crippen molar-refractivity contribution in [3.8, 4) is 22.3 Å². The predicted molar refractivity (Wildman–Crippen MR) is 323 cm³/mol. The number of rotatable bonds is 20. The van der Waals surface area contributed by atoms with Gasteiger partial charge in [-0.2, -0.15) is 29.8 Å². The predicted octanol–water partition coefficient (Wildman–Crippen LogP) is 9.85. The van der Waals surface area contributed by atoms with Crippen molar-refractivity contribution in [3.05, 3.63) is 124 Å². The van der Waals surface area contributed by atoms with Crippen LogP contribution in [0.15, 0.2) is 99.3 Å². The van der Waals surface area contributed by atoms with Gasteiger partial charge in [0.1, 0.15) is 16.3 Å². The summed E-state index contributed by atoms with van der Waals surface area (Å²) in [4.78, 5) is 84.7. The molecule has 4 aromatic rings. The maximum Gasteiger partial charge on any atom is 0.333 e. The Kier molecular flexibility index (Phi) is 16.3. The zero-order valence-corrected chi connectivity index (χ0v) is 52.9. The van der Waals surface area contributed by atoms with E-state index in [4.69, 9.17) is 9.68 Å². The number of allylic oxidation sites excluding steroid dienone is 6. The molecule has 2 aliphatic carbocycles. The SMILES string of the molecule is Cc1cc2c(c(S(=O)(=O)O)c1)-c1cc3c(cc1C2(C)C)[N+](CCCCCC(=O)ON1C(=O)CCC1=O)=C(/C=C/C=C/C=C1\N(CCCCCC(=O)ON2C(=O)CCC2=O)c2cc4c(cc2C1(C)C)-c1c(cc(S(=O)(=O)O)cc1S(=O)(=O)O)C4(C)C)C3(C)C. The zero-order chi connectivity index (χ0) is 64.2. The number of carbonyl (C=O) groups is 6. The molecule has 0 unspecified atom stereocenters. The lowest BCUT2D eigenvalue weighted by atomic mass is 9.78. The van der Waals surface area contributed by atoms with Gasteiger partial charge in [0, 0.05) is 108 Å². The van der Waals surface area contributed by atoms with Crippen LogP contribution in [0.1, 0.15) is 171 Å². The fourth-order valence-corrected chi connectivity index (χ4v) is 15.7. The molecule has 0 aromatic heterocycles. The minimum atomic E-state index is -5.05. The van der Waals surface area contributed by atoms with Crippen LogP contribution in [-0.4, -0.2) is 108 Å². The molecule has 4 amide bonds. The van der Waals surface area contributed by atoms with Crippen LogP contribution in [0.3, 0.4) is 0 Å². The van der Waals surface area contributed by atoms with Gasteiger partial charge in [-0.05, 0) is 133 Å². The molecule has 466 valence electrons. The standard InChI is InChI=1S/C64H70N4O17S3/c1-37-29-45-59(49(30-37)87(78,79)80)39-33-43-47(35-41(39)61(45,2)3)65(27-17-11-15-21-57(73)84-67-53(69)23-24-54(67)70)51(63(43,6)7)19-13-10-14-20-52-64(8,9)44-34-40-42(62(4,5)46-31-38(86(75,76)77)32-50(60(40)46)88(81,82)83)36-48(44)66(52)28-18-12-16-22-58(74)85-68-55(71)25-26-56(68)72/h10,13-14,19-20,29-36H,11-12,15-18,21-28H2,1-9H3,(H2-,75,76,77,78,79,80,81,82,83)/p+1. The lowest BCUT2D eigenvalue weighted by Crippen LogP contribution is -2.32. The third kappa shape index (κ3) is 11.3. The van der Waals surface area contributed by atoms with E-state index in [1.54, 1.807) is 20.8 Å². The molecule has 4 aromatic carbocycles. The molecule has 0 atom stereocenters. The number of hydroxylamine groups is 4. The topological polar surface area (TPSA) is 297 Å². The van der Waals surface area contributed by atoms with Crippen LogP contribution in [0.5, 0.6) is 0 Å². The number of carbonyl (C=O) groups excluding carboxylic acids is 6. The van der Waals surface area contributed by atoms with Crippen LogP contribution >= 0.6 is 0 Å². The highest BCUT2D eigenvalue weighted by Gasteiger charge is 2.50. The minimum absolute atomic E-state index is 0.0136. The van der Waals surface area contributed by atoms with Gasteiger partial charge in [-0.15, -0.1) is 10.1 Å². The van der Waals surface area contributed by atoms with E-state index in [0.717, 1.165) is 51.1 Å². The van der Waals surface area contributed by atoms with E-state index in [1.807, 2.05) is 82.3 Å². The van der Waals surface area contributed by atoms with Crippen molar-refractivity contribution < 1.29 is 81.9 Å². The van der Waals surface area contributed by atoms with Crippen molar-refractivity contribution in [1.29, 1.82) is 0 Å². The monoisotopic (exact) mass is 1260 g/mol. The molecular weight excluding hydrogens is 1190 g/mol. The van der Waals surface area contributed by atoms with E-state index in [9.17, 15) is 67.7 Å². The van der Waals surface area contributed by atoms with E-state index in [0.29, 0.717) is 89.6 Å². The second kappa shape index (κ2) is 22.5. The van der Waals surface area contributed by atoms with Gasteiger partial charge in [0.15, 0.2) is 5.71 Å². The summed E-state index contributed by atoms with van der Waals surface area (Å²) in [5.74, 6) is -3.66. The molecular formula is C64H71N4O17S3+. The third-order valence-electron chi connectivity index (χ3n) is 18.1. The fourth-order valence-electron chi connectivity index (χ4n) is 13.5. The first kappa shape index (κ1) is 63.5. The summed E-state index contributed by atoms with van der Waals surface area (Å²) in [5.41, 5.74) is 6.95. The van der Waals surface area contributed by atoms with Crippen LogP contribution in [-0.2, 0) is 90.5 Å². The van der Waals surface area contributed by atoms with Gasteiger partial charge in [0.05, 0.1) is 10.3 Å². The molecule has 6 aliphatic rings. The molecule has 4 aliphatic heterocycles. The Morgan fingerprint density at radius 2 is 1.03 bits per heavy atom. The minimum Gasteiger partial charge on any atom is -0.344 e. The van der Waals surface area contributed by atoms with Gasteiger partial charge in [0.2, 0.25) is 5.69 Å². The summed E-state index contributed by atoms with van der Waals surface area (Å²) in [7, 11) is -14.6. The molecule has 4 heterocycles. The van der Waals surface area contributed by atoms with Gasteiger partial charge in [0.25, 0.3) is 54.0 Å². The van der Waals surface area contributed by atoms with Gasteiger partial charge in [-0.1, -0.05) is 72.3 Å². The average molecular weight is 1260 g/mol. The molecule has 21 nitrogen and oxygen atoms in total. The molecule has 0 saturated carbocycles. The molecule has 0 radical (unpaired) electrons. The summed E-state index contributed by atoms with van der Waals surface area (Å²) < 4.78 is 111. The Labute approximate surface area is 511 Å². The first-order valence-corrected chi connectivity index (χ1v) is 33.6. The van der Waals surface area contributed by atoms with Crippen LogP contribution in [0.2, 0.25) is 0 Å².